The first kappa shape index (κ1) is 15.1. The van der Waals surface area contributed by atoms with Crippen LogP contribution in [0.2, 0.25) is 5.02 Å². The monoisotopic (exact) mass is 297 g/mol. The van der Waals surface area contributed by atoms with E-state index in [1.165, 1.54) is 12.8 Å². The van der Waals surface area contributed by atoms with Gasteiger partial charge in [0.1, 0.15) is 0 Å². The number of carbonyl (C=O) groups excluding carboxylic acids is 1. The average molecular weight is 298 g/mol. The van der Waals surface area contributed by atoms with Gasteiger partial charge in [-0.3, -0.25) is 10.6 Å². The van der Waals surface area contributed by atoms with E-state index in [9.17, 15) is 4.79 Å². The van der Waals surface area contributed by atoms with Gasteiger partial charge in [-0.1, -0.05) is 24.4 Å². The molecule has 6 heteroatoms. The maximum Gasteiger partial charge on any atom is 0.253 e. The minimum Gasteiger partial charge on any atom is -0.376 e. The molecular weight excluding hydrogens is 278 g/mol. The molecule has 0 radical (unpaired) electrons. The Morgan fingerprint density at radius 3 is 2.85 bits per heavy atom. The number of nitrogen functional groups attached to an aromatic ring is 1. The van der Waals surface area contributed by atoms with Crippen molar-refractivity contribution in [1.82, 2.24) is 5.32 Å². The van der Waals surface area contributed by atoms with Gasteiger partial charge in [-0.05, 0) is 31.0 Å². The van der Waals surface area contributed by atoms with Crippen LogP contribution in [0.25, 0.3) is 0 Å². The smallest absolute Gasteiger partial charge is 0.253 e. The van der Waals surface area contributed by atoms with Crippen molar-refractivity contribution < 1.29 is 9.53 Å². The molecule has 5 nitrogen and oxygen atoms in total. The summed E-state index contributed by atoms with van der Waals surface area (Å²) in [6.45, 7) is 1.01. The van der Waals surface area contributed by atoms with Crippen LogP contribution < -0.4 is 16.6 Å². The van der Waals surface area contributed by atoms with E-state index in [1.807, 2.05) is 0 Å². The highest BCUT2D eigenvalue weighted by atomic mass is 35.5. The van der Waals surface area contributed by atoms with Gasteiger partial charge in [-0.25, -0.2) is 0 Å². The summed E-state index contributed by atoms with van der Waals surface area (Å²) in [6.07, 6.45) is 5.10. The summed E-state index contributed by atoms with van der Waals surface area (Å²) in [5.74, 6) is 5.17. The van der Waals surface area contributed by atoms with Gasteiger partial charge < -0.3 is 15.5 Å². The Labute approximate surface area is 123 Å². The maximum absolute atomic E-state index is 12.1. The van der Waals surface area contributed by atoms with Gasteiger partial charge in [0.25, 0.3) is 5.91 Å². The van der Waals surface area contributed by atoms with Gasteiger partial charge in [0, 0.05) is 11.6 Å². The highest BCUT2D eigenvalue weighted by Gasteiger charge is 2.15. The topological polar surface area (TPSA) is 76.4 Å². The number of nitrogens with one attached hydrogen (secondary N) is 2. The first-order chi connectivity index (χ1) is 9.70. The maximum atomic E-state index is 12.1. The van der Waals surface area contributed by atoms with Gasteiger partial charge in [-0.2, -0.15) is 0 Å². The van der Waals surface area contributed by atoms with Crippen LogP contribution in [0.3, 0.4) is 0 Å². The third-order valence-corrected chi connectivity index (χ3v) is 3.66. The van der Waals surface area contributed by atoms with Crippen LogP contribution in [-0.4, -0.2) is 25.2 Å². The zero-order valence-corrected chi connectivity index (χ0v) is 12.1. The van der Waals surface area contributed by atoms with E-state index in [-0.39, 0.29) is 5.91 Å². The Bertz CT molecular complexity index is 462. The van der Waals surface area contributed by atoms with Gasteiger partial charge in [-0.15, -0.1) is 0 Å². The van der Waals surface area contributed by atoms with E-state index in [2.05, 4.69) is 10.7 Å². The Morgan fingerprint density at radius 2 is 2.15 bits per heavy atom. The minimum atomic E-state index is -0.213. The molecule has 0 atom stereocenters. The molecule has 0 heterocycles. The molecule has 1 saturated carbocycles. The third-order valence-electron chi connectivity index (χ3n) is 3.43. The lowest BCUT2D eigenvalue weighted by molar-refractivity contribution is 0.0582. The molecule has 0 aliphatic heterocycles. The normalized spacial score (nSPS) is 15.3. The number of rotatable bonds is 6. The van der Waals surface area contributed by atoms with E-state index in [1.54, 1.807) is 18.2 Å². The number of carbonyl (C=O) groups is 1. The first-order valence-corrected chi connectivity index (χ1v) is 7.24. The first-order valence-electron chi connectivity index (χ1n) is 6.86. The fraction of sp³-hybridized carbons (Fsp3) is 0.500. The molecule has 2 rings (SSSR count). The second-order valence-corrected chi connectivity index (χ2v) is 5.30. The third kappa shape index (κ3) is 4.10. The highest BCUT2D eigenvalue weighted by molar-refractivity contribution is 6.31. The molecule has 20 heavy (non-hydrogen) atoms. The van der Waals surface area contributed by atoms with Gasteiger partial charge in [0.15, 0.2) is 0 Å². The summed E-state index contributed by atoms with van der Waals surface area (Å²) in [5, 5.41) is 3.30. The molecular formula is C14H20ClN3O2. The molecule has 0 spiro atoms. The van der Waals surface area contributed by atoms with E-state index in [0.717, 1.165) is 12.8 Å². The highest BCUT2D eigenvalue weighted by Crippen LogP contribution is 2.21. The molecule has 0 bridgehead atoms. The second-order valence-electron chi connectivity index (χ2n) is 4.87. The number of anilines is 1. The van der Waals surface area contributed by atoms with E-state index in [0.29, 0.717) is 35.5 Å². The van der Waals surface area contributed by atoms with Gasteiger partial charge in [0.2, 0.25) is 0 Å². The molecule has 0 unspecified atom stereocenters. The van der Waals surface area contributed by atoms with E-state index < -0.39 is 0 Å². The van der Waals surface area contributed by atoms with Crippen LogP contribution in [0.1, 0.15) is 36.0 Å². The summed E-state index contributed by atoms with van der Waals surface area (Å²) in [6, 6.07) is 4.94. The Hall–Kier alpha value is -1.30. The van der Waals surface area contributed by atoms with E-state index >= 15 is 0 Å². The van der Waals surface area contributed by atoms with Crippen LogP contribution in [-0.2, 0) is 4.74 Å². The SMILES string of the molecule is NNc1ccc(Cl)cc1C(=O)NCCOC1CCCC1. The summed E-state index contributed by atoms with van der Waals surface area (Å²) in [5.41, 5.74) is 3.46. The number of benzene rings is 1. The van der Waals surface area contributed by atoms with Crippen molar-refractivity contribution in [3.05, 3.63) is 28.8 Å². The molecule has 1 aromatic carbocycles. The fourth-order valence-corrected chi connectivity index (χ4v) is 2.54. The van der Waals surface area contributed by atoms with Crippen LogP contribution in [0.15, 0.2) is 18.2 Å². The Balaban J connectivity index is 1.80. The lowest BCUT2D eigenvalue weighted by Crippen LogP contribution is -2.29. The lowest BCUT2D eigenvalue weighted by Gasteiger charge is -2.13. The fourth-order valence-electron chi connectivity index (χ4n) is 2.37. The molecule has 1 aromatic rings. The Morgan fingerprint density at radius 1 is 1.40 bits per heavy atom. The van der Waals surface area contributed by atoms with Crippen molar-refractivity contribution in [2.75, 3.05) is 18.6 Å². The summed E-state index contributed by atoms with van der Waals surface area (Å²) < 4.78 is 5.69. The summed E-state index contributed by atoms with van der Waals surface area (Å²) in [4.78, 5) is 12.1. The number of halogens is 1. The average Bonchev–Trinajstić information content (AvgIpc) is 2.96. The predicted octanol–water partition coefficient (Wildman–Crippen LogP) is 2.31. The molecule has 4 N–H and O–H groups in total. The zero-order valence-electron chi connectivity index (χ0n) is 11.3. The molecule has 110 valence electrons. The molecule has 1 aliphatic carbocycles. The standard InChI is InChI=1S/C14H20ClN3O2/c15-10-5-6-13(18-16)12(9-10)14(19)17-7-8-20-11-3-1-2-4-11/h5-6,9,11,18H,1-4,7-8,16H2,(H,17,19). The number of amides is 1. The molecule has 0 aromatic heterocycles. The number of ether oxygens (including phenoxy) is 1. The van der Waals surface area contributed by atoms with Crippen molar-refractivity contribution in [2.45, 2.75) is 31.8 Å². The van der Waals surface area contributed by atoms with Crippen LogP contribution in [0, 0.1) is 0 Å². The lowest BCUT2D eigenvalue weighted by atomic mass is 10.1. The summed E-state index contributed by atoms with van der Waals surface area (Å²) in [7, 11) is 0. The van der Waals surface area contributed by atoms with Crippen molar-refractivity contribution in [3.63, 3.8) is 0 Å². The zero-order chi connectivity index (χ0) is 14.4. The quantitative estimate of drug-likeness (QED) is 0.428. The number of hydrogen-bond donors (Lipinski definition) is 3. The molecule has 0 saturated heterocycles. The molecule has 1 fully saturated rings. The molecule has 1 amide bonds. The van der Waals surface area contributed by atoms with Crippen molar-refractivity contribution in [1.29, 1.82) is 0 Å². The number of nitrogens with two attached hydrogens (primary N) is 1. The van der Waals surface area contributed by atoms with Crippen molar-refractivity contribution >= 4 is 23.2 Å². The van der Waals surface area contributed by atoms with Crippen LogP contribution >= 0.6 is 11.6 Å². The van der Waals surface area contributed by atoms with Crippen molar-refractivity contribution in [2.24, 2.45) is 5.84 Å². The summed E-state index contributed by atoms with van der Waals surface area (Å²) >= 11 is 5.89. The van der Waals surface area contributed by atoms with Crippen LogP contribution in [0.5, 0.6) is 0 Å². The van der Waals surface area contributed by atoms with Crippen molar-refractivity contribution in [3.8, 4) is 0 Å². The van der Waals surface area contributed by atoms with E-state index in [4.69, 9.17) is 22.2 Å². The minimum absolute atomic E-state index is 0.213. The Kier molecular flexibility index (Phi) is 5.64. The van der Waals surface area contributed by atoms with Gasteiger partial charge >= 0.3 is 0 Å². The van der Waals surface area contributed by atoms with Crippen LogP contribution in [0.4, 0.5) is 5.69 Å². The van der Waals surface area contributed by atoms with Gasteiger partial charge in [0.05, 0.1) is 24.0 Å². The predicted molar refractivity (Wildman–Crippen MR) is 79.8 cm³/mol. The number of hydrazine groups is 1. The number of hydrogen-bond acceptors (Lipinski definition) is 4. The largest absolute Gasteiger partial charge is 0.376 e. The second kappa shape index (κ2) is 7.47. The molecule has 1 aliphatic rings.